The summed E-state index contributed by atoms with van der Waals surface area (Å²) in [6, 6.07) is 11.4. The highest BCUT2D eigenvalue weighted by atomic mass is 32.2. The largest absolute Gasteiger partial charge is 0.449 e. The summed E-state index contributed by atoms with van der Waals surface area (Å²) in [5, 5.41) is 0. The molecule has 1 aliphatic rings. The lowest BCUT2D eigenvalue weighted by molar-refractivity contribution is -0.145. The molecular weight excluding hydrogens is 359 g/mol. The van der Waals surface area contributed by atoms with Gasteiger partial charge < -0.3 is 9.47 Å². The topological polar surface area (TPSA) is 69.7 Å². The van der Waals surface area contributed by atoms with Crippen molar-refractivity contribution in [2.75, 3.05) is 6.26 Å². The molecule has 0 bridgehead atoms. The second kappa shape index (κ2) is 6.25. The molecule has 0 spiro atoms. The van der Waals surface area contributed by atoms with Gasteiger partial charge in [0.15, 0.2) is 9.84 Å². The van der Waals surface area contributed by atoms with E-state index < -0.39 is 27.2 Å². The first-order chi connectivity index (χ1) is 12.1. The zero-order valence-electron chi connectivity index (χ0n) is 14.4. The van der Waals surface area contributed by atoms with Gasteiger partial charge in [0.25, 0.3) is 0 Å². The van der Waals surface area contributed by atoms with Crippen LogP contribution < -0.4 is 4.74 Å². The van der Waals surface area contributed by atoms with E-state index in [0.717, 1.165) is 6.26 Å². The minimum Gasteiger partial charge on any atom is -0.449 e. The zero-order chi connectivity index (χ0) is 19.1. The molecule has 1 aliphatic heterocycles. The quantitative estimate of drug-likeness (QED) is 0.766. The van der Waals surface area contributed by atoms with Gasteiger partial charge >= 0.3 is 5.97 Å². The summed E-state index contributed by atoms with van der Waals surface area (Å²) in [6.07, 6.45) is 1.12. The molecule has 0 atom stereocenters. The number of rotatable bonds is 4. The summed E-state index contributed by atoms with van der Waals surface area (Å²) in [5.74, 6) is -0.770. The Morgan fingerprint density at radius 2 is 1.58 bits per heavy atom. The molecule has 0 radical (unpaired) electrons. The maximum atomic E-state index is 13.1. The highest BCUT2D eigenvalue weighted by molar-refractivity contribution is 7.90. The average molecular weight is 376 g/mol. The predicted molar refractivity (Wildman–Crippen MR) is 93.7 cm³/mol. The smallest absolute Gasteiger partial charge is 0.375 e. The Hall–Kier alpha value is -2.67. The van der Waals surface area contributed by atoms with Gasteiger partial charge in [0.05, 0.1) is 10.5 Å². The Kier molecular flexibility index (Phi) is 4.36. The van der Waals surface area contributed by atoms with E-state index in [1.165, 1.54) is 36.4 Å². The lowest BCUT2D eigenvalue weighted by Gasteiger charge is -2.21. The Morgan fingerprint density at radius 1 is 1.00 bits per heavy atom. The summed E-state index contributed by atoms with van der Waals surface area (Å²) in [5.41, 5.74) is 0.135. The van der Waals surface area contributed by atoms with Crippen molar-refractivity contribution in [3.63, 3.8) is 0 Å². The van der Waals surface area contributed by atoms with Crippen molar-refractivity contribution in [3.05, 3.63) is 65.7 Å². The molecule has 5 nitrogen and oxygen atoms in total. The third kappa shape index (κ3) is 3.48. The molecule has 1 heterocycles. The number of benzene rings is 2. The van der Waals surface area contributed by atoms with Crippen molar-refractivity contribution < 1.29 is 27.1 Å². The number of carbonyl (C=O) groups excluding carboxylic acids is 1. The van der Waals surface area contributed by atoms with Gasteiger partial charge in [0.1, 0.15) is 17.2 Å². The van der Waals surface area contributed by atoms with Gasteiger partial charge in [-0.15, -0.1) is 0 Å². The lowest BCUT2D eigenvalue weighted by atomic mass is 9.92. The monoisotopic (exact) mass is 376 g/mol. The molecule has 0 unspecified atom stereocenters. The highest BCUT2D eigenvalue weighted by Crippen LogP contribution is 2.40. The number of cyclic esters (lactones) is 1. The molecular formula is C19H17FO5S. The van der Waals surface area contributed by atoms with Gasteiger partial charge in [0.2, 0.25) is 5.76 Å². The van der Waals surface area contributed by atoms with Gasteiger partial charge in [-0.3, -0.25) is 0 Å². The molecule has 0 aliphatic carbocycles. The highest BCUT2D eigenvalue weighted by Gasteiger charge is 2.43. The van der Waals surface area contributed by atoms with Crippen LogP contribution in [-0.2, 0) is 19.4 Å². The molecule has 2 aromatic carbocycles. The first kappa shape index (κ1) is 18.1. The van der Waals surface area contributed by atoms with Crippen LogP contribution in [0, 0.1) is 5.82 Å². The normalized spacial score (nSPS) is 16.5. The molecule has 2 aromatic rings. The third-order valence-electron chi connectivity index (χ3n) is 3.97. The molecule has 0 amide bonds. The van der Waals surface area contributed by atoms with E-state index in [4.69, 9.17) is 9.47 Å². The van der Waals surface area contributed by atoms with Gasteiger partial charge in [-0.05, 0) is 55.8 Å². The summed E-state index contributed by atoms with van der Waals surface area (Å²) in [4.78, 5) is 12.5. The number of ether oxygens (including phenoxy) is 2. The summed E-state index contributed by atoms with van der Waals surface area (Å²) in [7, 11) is -3.33. The summed E-state index contributed by atoms with van der Waals surface area (Å²) < 4.78 is 47.4. The van der Waals surface area contributed by atoms with Gasteiger partial charge in [-0.25, -0.2) is 17.6 Å². The van der Waals surface area contributed by atoms with E-state index >= 15 is 0 Å². The number of esters is 1. The van der Waals surface area contributed by atoms with Crippen molar-refractivity contribution in [2.45, 2.75) is 24.3 Å². The van der Waals surface area contributed by atoms with Crippen LogP contribution in [0.5, 0.6) is 5.75 Å². The van der Waals surface area contributed by atoms with E-state index in [9.17, 15) is 17.6 Å². The van der Waals surface area contributed by atoms with Crippen LogP contribution in [0.1, 0.15) is 19.4 Å². The minimum atomic E-state index is -3.33. The predicted octanol–water partition coefficient (Wildman–Crippen LogP) is 3.35. The van der Waals surface area contributed by atoms with Crippen LogP contribution in [-0.4, -0.2) is 26.2 Å². The zero-order valence-corrected chi connectivity index (χ0v) is 15.3. The second-order valence-electron chi connectivity index (χ2n) is 6.46. The van der Waals surface area contributed by atoms with Crippen molar-refractivity contribution in [3.8, 4) is 5.75 Å². The summed E-state index contributed by atoms with van der Waals surface area (Å²) in [6.45, 7) is 3.43. The van der Waals surface area contributed by atoms with Crippen LogP contribution in [0.4, 0.5) is 4.39 Å². The molecule has 0 saturated carbocycles. The Balaban J connectivity index is 2.07. The maximum absolute atomic E-state index is 13.1. The van der Waals surface area contributed by atoms with Crippen LogP contribution >= 0.6 is 0 Å². The van der Waals surface area contributed by atoms with Crippen LogP contribution in [0.3, 0.4) is 0 Å². The molecule has 0 saturated heterocycles. The SMILES string of the molecule is CC1(C)OC(=O)C(Oc2ccc(F)cc2)=C1c1ccc(S(C)(=O)=O)cc1. The van der Waals surface area contributed by atoms with Gasteiger partial charge in [-0.2, -0.15) is 0 Å². The van der Waals surface area contributed by atoms with Crippen molar-refractivity contribution in [2.24, 2.45) is 0 Å². The van der Waals surface area contributed by atoms with Crippen LogP contribution in [0.2, 0.25) is 0 Å². The van der Waals surface area contributed by atoms with Crippen molar-refractivity contribution in [1.82, 2.24) is 0 Å². The average Bonchev–Trinajstić information content (AvgIpc) is 2.77. The number of carbonyl (C=O) groups is 1. The first-order valence-corrected chi connectivity index (χ1v) is 9.69. The molecule has 0 N–H and O–H groups in total. The number of hydrogen-bond acceptors (Lipinski definition) is 5. The van der Waals surface area contributed by atoms with Gasteiger partial charge in [-0.1, -0.05) is 12.1 Å². The Morgan fingerprint density at radius 3 is 2.12 bits per heavy atom. The van der Waals surface area contributed by atoms with E-state index in [0.29, 0.717) is 16.9 Å². The lowest BCUT2D eigenvalue weighted by Crippen LogP contribution is -2.22. The molecule has 26 heavy (non-hydrogen) atoms. The minimum absolute atomic E-state index is 0.00582. The van der Waals surface area contributed by atoms with Gasteiger partial charge in [0, 0.05) is 6.26 Å². The third-order valence-corrected chi connectivity index (χ3v) is 5.10. The number of halogens is 1. The van der Waals surface area contributed by atoms with E-state index in [2.05, 4.69) is 0 Å². The molecule has 3 rings (SSSR count). The Bertz CT molecular complexity index is 987. The van der Waals surface area contributed by atoms with E-state index in [-0.39, 0.29) is 10.7 Å². The molecule has 7 heteroatoms. The molecule has 0 aromatic heterocycles. The molecule has 136 valence electrons. The standard InChI is InChI=1S/C19H17FO5S/c1-19(2)16(12-4-10-15(11-5-12)26(3,22)23)17(18(21)25-19)24-14-8-6-13(20)7-9-14/h4-11H,1-3H3. The fourth-order valence-electron chi connectivity index (χ4n) is 2.77. The number of sulfone groups is 1. The van der Waals surface area contributed by atoms with Crippen molar-refractivity contribution >= 4 is 21.4 Å². The van der Waals surface area contributed by atoms with E-state index in [1.807, 2.05) is 0 Å². The van der Waals surface area contributed by atoms with Crippen LogP contribution in [0.15, 0.2) is 59.2 Å². The maximum Gasteiger partial charge on any atom is 0.375 e. The molecule has 0 fully saturated rings. The second-order valence-corrected chi connectivity index (χ2v) is 8.47. The van der Waals surface area contributed by atoms with E-state index in [1.54, 1.807) is 26.0 Å². The van der Waals surface area contributed by atoms with Crippen LogP contribution in [0.25, 0.3) is 5.57 Å². The first-order valence-electron chi connectivity index (χ1n) is 7.80. The Labute approximate surface area is 151 Å². The van der Waals surface area contributed by atoms with Crippen molar-refractivity contribution in [1.29, 1.82) is 0 Å². The number of hydrogen-bond donors (Lipinski definition) is 0. The fourth-order valence-corrected chi connectivity index (χ4v) is 3.40. The fraction of sp³-hybridized carbons (Fsp3) is 0.211. The summed E-state index contributed by atoms with van der Waals surface area (Å²) >= 11 is 0.